The molecule has 0 aromatic heterocycles. The van der Waals surface area contributed by atoms with Gasteiger partial charge in [-0.1, -0.05) is 11.6 Å². The molecular formula is C10H12ClN3O2S. The molecule has 0 radical (unpaired) electrons. The maximum Gasteiger partial charge on any atom is 0.244 e. The van der Waals surface area contributed by atoms with Crippen LogP contribution in [0.3, 0.4) is 0 Å². The number of sulfonamides is 1. The van der Waals surface area contributed by atoms with Gasteiger partial charge in [0.2, 0.25) is 10.0 Å². The van der Waals surface area contributed by atoms with Gasteiger partial charge in [0.05, 0.1) is 11.1 Å². The average Bonchev–Trinajstić information content (AvgIpc) is 2.27. The highest BCUT2D eigenvalue weighted by Gasteiger charge is 2.20. The number of hydrogen-bond acceptors (Lipinski definition) is 4. The van der Waals surface area contributed by atoms with Crippen molar-refractivity contribution in [3.8, 4) is 6.07 Å². The summed E-state index contributed by atoms with van der Waals surface area (Å²) >= 11 is 5.86. The number of hydrogen-bond donors (Lipinski definition) is 1. The van der Waals surface area contributed by atoms with E-state index in [1.165, 1.54) is 26.2 Å². The van der Waals surface area contributed by atoms with E-state index in [0.29, 0.717) is 5.69 Å². The molecule has 1 aromatic carbocycles. The molecule has 0 heterocycles. The second-order valence-corrected chi connectivity index (χ2v) is 5.97. The highest BCUT2D eigenvalue weighted by Crippen LogP contribution is 2.26. The number of benzene rings is 1. The van der Waals surface area contributed by atoms with Gasteiger partial charge in [-0.25, -0.2) is 12.7 Å². The summed E-state index contributed by atoms with van der Waals surface area (Å²) in [6, 6.07) is 6.42. The van der Waals surface area contributed by atoms with Crippen molar-refractivity contribution in [1.29, 1.82) is 5.26 Å². The van der Waals surface area contributed by atoms with Crippen LogP contribution in [0, 0.1) is 11.3 Å². The Balaban J connectivity index is 3.21. The van der Waals surface area contributed by atoms with Gasteiger partial charge in [0.25, 0.3) is 0 Å². The normalized spacial score (nSPS) is 11.2. The second-order valence-electron chi connectivity index (χ2n) is 3.44. The van der Waals surface area contributed by atoms with Gasteiger partial charge in [-0.15, -0.1) is 0 Å². The predicted molar refractivity (Wildman–Crippen MR) is 66.4 cm³/mol. The van der Waals surface area contributed by atoms with Crippen LogP contribution >= 0.6 is 11.6 Å². The summed E-state index contributed by atoms with van der Waals surface area (Å²) in [5.74, 6) is 0. The lowest BCUT2D eigenvalue weighted by molar-refractivity contribution is 0.521. The molecule has 5 nitrogen and oxygen atoms in total. The van der Waals surface area contributed by atoms with Crippen molar-refractivity contribution < 1.29 is 8.42 Å². The second kappa shape index (κ2) is 5.36. The van der Waals surface area contributed by atoms with Crippen LogP contribution in [0.4, 0.5) is 5.69 Å². The zero-order chi connectivity index (χ0) is 13.1. The Kier molecular flexibility index (Phi) is 4.34. The SMILES string of the molecule is CN(C)S(=O)(=O)c1cc(NCC#N)ccc1Cl. The maximum atomic E-state index is 11.9. The van der Waals surface area contributed by atoms with Crippen molar-refractivity contribution in [2.75, 3.05) is 26.0 Å². The van der Waals surface area contributed by atoms with Crippen molar-refractivity contribution in [2.45, 2.75) is 4.90 Å². The molecular weight excluding hydrogens is 262 g/mol. The zero-order valence-electron chi connectivity index (χ0n) is 9.44. The van der Waals surface area contributed by atoms with E-state index in [2.05, 4.69) is 5.32 Å². The van der Waals surface area contributed by atoms with Crippen LogP contribution in [0.1, 0.15) is 0 Å². The lowest BCUT2D eigenvalue weighted by Crippen LogP contribution is -2.22. The average molecular weight is 274 g/mol. The van der Waals surface area contributed by atoms with Crippen LogP contribution in [-0.4, -0.2) is 33.4 Å². The summed E-state index contributed by atoms with van der Waals surface area (Å²) in [6.07, 6.45) is 0. The van der Waals surface area contributed by atoms with Gasteiger partial charge >= 0.3 is 0 Å². The largest absolute Gasteiger partial charge is 0.372 e. The fourth-order valence-electron chi connectivity index (χ4n) is 1.15. The fourth-order valence-corrected chi connectivity index (χ4v) is 2.54. The molecule has 0 aliphatic rings. The molecule has 1 rings (SSSR count). The summed E-state index contributed by atoms with van der Waals surface area (Å²) < 4.78 is 24.9. The topological polar surface area (TPSA) is 73.2 Å². The molecule has 0 unspecified atom stereocenters. The van der Waals surface area contributed by atoms with Gasteiger partial charge in [-0.3, -0.25) is 0 Å². The van der Waals surface area contributed by atoms with Crippen LogP contribution in [0.15, 0.2) is 23.1 Å². The highest BCUT2D eigenvalue weighted by atomic mass is 35.5. The minimum absolute atomic E-state index is 0.0205. The molecule has 1 aromatic rings. The summed E-state index contributed by atoms with van der Waals surface area (Å²) in [4.78, 5) is 0.0205. The van der Waals surface area contributed by atoms with Crippen LogP contribution in [0.5, 0.6) is 0 Å². The number of nitrogens with one attached hydrogen (secondary N) is 1. The molecule has 0 amide bonds. The van der Waals surface area contributed by atoms with E-state index in [-0.39, 0.29) is 16.5 Å². The van der Waals surface area contributed by atoms with Crippen LogP contribution in [-0.2, 0) is 10.0 Å². The van der Waals surface area contributed by atoms with E-state index in [1.807, 2.05) is 6.07 Å². The minimum Gasteiger partial charge on any atom is -0.372 e. The van der Waals surface area contributed by atoms with Crippen molar-refractivity contribution in [1.82, 2.24) is 4.31 Å². The maximum absolute atomic E-state index is 11.9. The third-order valence-corrected chi connectivity index (χ3v) is 4.36. The van der Waals surface area contributed by atoms with E-state index >= 15 is 0 Å². The van der Waals surface area contributed by atoms with Crippen molar-refractivity contribution in [2.24, 2.45) is 0 Å². The first-order valence-electron chi connectivity index (χ1n) is 4.72. The third kappa shape index (κ3) is 3.09. The highest BCUT2D eigenvalue weighted by molar-refractivity contribution is 7.89. The van der Waals surface area contributed by atoms with E-state index in [1.54, 1.807) is 6.07 Å². The quantitative estimate of drug-likeness (QED) is 0.845. The molecule has 92 valence electrons. The molecule has 0 fully saturated rings. The van der Waals surface area contributed by atoms with Gasteiger partial charge in [0.1, 0.15) is 11.4 Å². The van der Waals surface area contributed by atoms with Crippen LogP contribution < -0.4 is 5.32 Å². The smallest absolute Gasteiger partial charge is 0.244 e. The summed E-state index contributed by atoms with van der Waals surface area (Å²) in [5, 5.41) is 11.4. The summed E-state index contributed by atoms with van der Waals surface area (Å²) in [7, 11) is -0.713. The monoisotopic (exact) mass is 273 g/mol. The Morgan fingerprint density at radius 1 is 1.47 bits per heavy atom. The standard InChI is InChI=1S/C10H12ClN3O2S/c1-14(2)17(15,16)10-7-8(13-6-5-12)3-4-9(10)11/h3-4,7,13H,6H2,1-2H3. The third-order valence-electron chi connectivity index (χ3n) is 2.06. The summed E-state index contributed by atoms with van der Waals surface area (Å²) in [5.41, 5.74) is 0.538. The number of rotatable bonds is 4. The van der Waals surface area contributed by atoms with Crippen molar-refractivity contribution in [3.63, 3.8) is 0 Å². The zero-order valence-corrected chi connectivity index (χ0v) is 11.0. The van der Waals surface area contributed by atoms with E-state index < -0.39 is 10.0 Å². The molecule has 0 bridgehead atoms. The number of halogens is 1. The first-order chi connectivity index (χ1) is 7.89. The van der Waals surface area contributed by atoms with Gasteiger partial charge in [-0.2, -0.15) is 5.26 Å². The van der Waals surface area contributed by atoms with Crippen molar-refractivity contribution in [3.05, 3.63) is 23.2 Å². The Morgan fingerprint density at radius 2 is 2.12 bits per heavy atom. The molecule has 0 spiro atoms. The Morgan fingerprint density at radius 3 is 2.65 bits per heavy atom. The first kappa shape index (κ1) is 13.8. The fraction of sp³-hybridized carbons (Fsp3) is 0.300. The number of nitrogens with zero attached hydrogens (tertiary/aromatic N) is 2. The van der Waals surface area contributed by atoms with Gasteiger partial charge in [-0.05, 0) is 18.2 Å². The predicted octanol–water partition coefficient (Wildman–Crippen LogP) is 1.53. The lowest BCUT2D eigenvalue weighted by Gasteiger charge is -2.13. The minimum atomic E-state index is -3.58. The van der Waals surface area contributed by atoms with Crippen LogP contribution in [0.25, 0.3) is 0 Å². The molecule has 17 heavy (non-hydrogen) atoms. The molecule has 0 saturated heterocycles. The Labute approximate surface area is 106 Å². The molecule has 0 atom stereocenters. The molecule has 0 saturated carbocycles. The molecule has 0 aliphatic carbocycles. The lowest BCUT2D eigenvalue weighted by atomic mass is 10.3. The van der Waals surface area contributed by atoms with E-state index in [9.17, 15) is 8.42 Å². The van der Waals surface area contributed by atoms with Gasteiger partial charge < -0.3 is 5.32 Å². The summed E-state index contributed by atoms with van der Waals surface area (Å²) in [6.45, 7) is 0.100. The molecule has 1 N–H and O–H groups in total. The first-order valence-corrected chi connectivity index (χ1v) is 6.54. The Bertz CT molecular complexity index is 549. The van der Waals surface area contributed by atoms with Crippen molar-refractivity contribution >= 4 is 27.3 Å². The Hall–Kier alpha value is -1.29. The van der Waals surface area contributed by atoms with E-state index in [4.69, 9.17) is 16.9 Å². The van der Waals surface area contributed by atoms with Crippen LogP contribution in [0.2, 0.25) is 5.02 Å². The van der Waals surface area contributed by atoms with Gasteiger partial charge in [0.15, 0.2) is 0 Å². The number of anilines is 1. The van der Waals surface area contributed by atoms with Gasteiger partial charge in [0, 0.05) is 19.8 Å². The number of nitriles is 1. The molecule has 0 aliphatic heterocycles. The molecule has 7 heteroatoms. The van der Waals surface area contributed by atoms with E-state index in [0.717, 1.165) is 4.31 Å².